The van der Waals surface area contributed by atoms with Gasteiger partial charge in [-0.25, -0.2) is 4.98 Å². The van der Waals surface area contributed by atoms with Crippen LogP contribution in [0, 0.1) is 10.1 Å². The topological polar surface area (TPSA) is 122 Å². The van der Waals surface area contributed by atoms with Crippen LogP contribution in [-0.2, 0) is 6.42 Å². The average molecular weight is 375 g/mol. The number of nitrogens with one attached hydrogen (secondary N) is 3. The Bertz CT molecular complexity index is 1110. The van der Waals surface area contributed by atoms with Crippen molar-refractivity contribution in [2.45, 2.75) is 6.42 Å². The van der Waals surface area contributed by atoms with Crippen molar-refractivity contribution in [3.05, 3.63) is 76.7 Å². The van der Waals surface area contributed by atoms with Crippen LogP contribution in [0.3, 0.4) is 0 Å². The van der Waals surface area contributed by atoms with Crippen molar-refractivity contribution in [3.8, 4) is 0 Å². The van der Waals surface area contributed by atoms with Crippen LogP contribution in [0.4, 0.5) is 23.0 Å². The van der Waals surface area contributed by atoms with Crippen molar-refractivity contribution >= 4 is 33.9 Å². The van der Waals surface area contributed by atoms with Crippen LogP contribution in [0.15, 0.2) is 60.9 Å². The molecule has 0 fully saturated rings. The Hall–Kier alpha value is -4.01. The van der Waals surface area contributed by atoms with Gasteiger partial charge >= 0.3 is 5.69 Å². The van der Waals surface area contributed by atoms with Crippen molar-refractivity contribution in [2.75, 3.05) is 17.2 Å². The molecular weight excluding hydrogens is 358 g/mol. The van der Waals surface area contributed by atoms with Gasteiger partial charge < -0.3 is 10.6 Å². The van der Waals surface area contributed by atoms with Gasteiger partial charge in [-0.1, -0.05) is 6.07 Å². The molecule has 4 rings (SSSR count). The van der Waals surface area contributed by atoms with E-state index in [2.05, 4.69) is 30.8 Å². The fraction of sp³-hybridized carbons (Fsp3) is 0.105. The number of anilines is 3. The Balaban J connectivity index is 1.52. The van der Waals surface area contributed by atoms with Gasteiger partial charge in [-0.05, 0) is 36.4 Å². The molecule has 0 aliphatic heterocycles. The van der Waals surface area contributed by atoms with Gasteiger partial charge in [-0.2, -0.15) is 5.10 Å². The molecule has 0 aliphatic rings. The van der Waals surface area contributed by atoms with Crippen LogP contribution in [0.5, 0.6) is 0 Å². The summed E-state index contributed by atoms with van der Waals surface area (Å²) in [5, 5.41) is 25.3. The Labute approximate surface area is 160 Å². The van der Waals surface area contributed by atoms with Gasteiger partial charge in [-0.3, -0.25) is 20.2 Å². The van der Waals surface area contributed by atoms with Crippen molar-refractivity contribution in [3.63, 3.8) is 0 Å². The summed E-state index contributed by atoms with van der Waals surface area (Å²) < 4.78 is 0. The van der Waals surface area contributed by atoms with Gasteiger partial charge in [0.05, 0.1) is 16.6 Å². The number of aromatic amines is 1. The largest absolute Gasteiger partial charge is 0.370 e. The summed E-state index contributed by atoms with van der Waals surface area (Å²) in [6.45, 7) is 0.613. The van der Waals surface area contributed by atoms with E-state index in [1.807, 2.05) is 36.4 Å². The first-order valence-corrected chi connectivity index (χ1v) is 8.68. The molecule has 9 nitrogen and oxygen atoms in total. The van der Waals surface area contributed by atoms with Crippen LogP contribution in [0.1, 0.15) is 5.69 Å². The third-order valence-electron chi connectivity index (χ3n) is 4.19. The monoisotopic (exact) mass is 375 g/mol. The molecular formula is C19H17N7O2. The molecule has 3 heterocycles. The van der Waals surface area contributed by atoms with Crippen molar-refractivity contribution in [1.29, 1.82) is 0 Å². The lowest BCUT2D eigenvalue weighted by molar-refractivity contribution is -0.384. The van der Waals surface area contributed by atoms with E-state index in [1.165, 1.54) is 6.07 Å². The number of rotatable bonds is 7. The SMILES string of the molecule is O=[N+]([O-])c1ccc(NCCc2ccccn2)nc1Nc1ccc2[nH]ncc2c1. The Morgan fingerprint density at radius 1 is 1.14 bits per heavy atom. The van der Waals surface area contributed by atoms with Crippen molar-refractivity contribution in [2.24, 2.45) is 0 Å². The summed E-state index contributed by atoms with van der Waals surface area (Å²) >= 11 is 0. The second-order valence-electron chi connectivity index (χ2n) is 6.12. The Kier molecular flexibility index (Phi) is 4.79. The number of fused-ring (bicyclic) bond motifs is 1. The van der Waals surface area contributed by atoms with Gasteiger partial charge in [0, 0.05) is 42.0 Å². The third-order valence-corrected chi connectivity index (χ3v) is 4.19. The molecule has 28 heavy (non-hydrogen) atoms. The minimum Gasteiger partial charge on any atom is -0.370 e. The third kappa shape index (κ3) is 3.88. The summed E-state index contributed by atoms with van der Waals surface area (Å²) in [5.41, 5.74) is 2.44. The molecule has 0 spiro atoms. The molecule has 0 atom stereocenters. The maximum Gasteiger partial charge on any atom is 0.311 e. The number of hydrogen-bond acceptors (Lipinski definition) is 7. The first-order chi connectivity index (χ1) is 13.7. The zero-order valence-electron chi connectivity index (χ0n) is 14.8. The number of nitro groups is 1. The predicted octanol–water partition coefficient (Wildman–Crippen LogP) is 3.66. The van der Waals surface area contributed by atoms with E-state index in [1.54, 1.807) is 18.5 Å². The highest BCUT2D eigenvalue weighted by molar-refractivity contribution is 5.83. The summed E-state index contributed by atoms with van der Waals surface area (Å²) in [7, 11) is 0. The number of benzene rings is 1. The lowest BCUT2D eigenvalue weighted by atomic mass is 10.2. The van der Waals surface area contributed by atoms with Gasteiger partial charge in [0.25, 0.3) is 0 Å². The zero-order valence-corrected chi connectivity index (χ0v) is 14.8. The maximum absolute atomic E-state index is 11.4. The normalized spacial score (nSPS) is 10.7. The molecule has 3 N–H and O–H groups in total. The van der Waals surface area contributed by atoms with E-state index in [0.29, 0.717) is 18.1 Å². The highest BCUT2D eigenvalue weighted by Crippen LogP contribution is 2.28. The van der Waals surface area contributed by atoms with E-state index in [0.717, 1.165) is 23.0 Å². The predicted molar refractivity (Wildman–Crippen MR) is 107 cm³/mol. The van der Waals surface area contributed by atoms with E-state index >= 15 is 0 Å². The number of H-pyrrole nitrogens is 1. The molecule has 3 aromatic heterocycles. The smallest absolute Gasteiger partial charge is 0.311 e. The Morgan fingerprint density at radius 2 is 2.07 bits per heavy atom. The van der Waals surface area contributed by atoms with Gasteiger partial charge in [0.1, 0.15) is 5.82 Å². The molecule has 140 valence electrons. The number of hydrogen-bond donors (Lipinski definition) is 3. The van der Waals surface area contributed by atoms with E-state index in [4.69, 9.17) is 0 Å². The van der Waals surface area contributed by atoms with Gasteiger partial charge in [0.2, 0.25) is 5.82 Å². The van der Waals surface area contributed by atoms with E-state index in [9.17, 15) is 10.1 Å². The summed E-state index contributed by atoms with van der Waals surface area (Å²) in [5.74, 6) is 0.726. The zero-order chi connectivity index (χ0) is 19.3. The van der Waals surface area contributed by atoms with E-state index in [-0.39, 0.29) is 11.5 Å². The quantitative estimate of drug-likeness (QED) is 0.333. The number of aromatic nitrogens is 4. The van der Waals surface area contributed by atoms with Gasteiger partial charge in [0.15, 0.2) is 0 Å². The molecule has 9 heteroatoms. The summed E-state index contributed by atoms with van der Waals surface area (Å²) in [6, 6.07) is 14.3. The van der Waals surface area contributed by atoms with Crippen LogP contribution in [0.25, 0.3) is 10.9 Å². The van der Waals surface area contributed by atoms with Crippen LogP contribution in [0.2, 0.25) is 0 Å². The molecule has 0 unspecified atom stereocenters. The highest BCUT2D eigenvalue weighted by atomic mass is 16.6. The van der Waals surface area contributed by atoms with Gasteiger partial charge in [-0.15, -0.1) is 0 Å². The Morgan fingerprint density at radius 3 is 2.89 bits per heavy atom. The molecule has 0 saturated heterocycles. The van der Waals surface area contributed by atoms with Crippen molar-refractivity contribution in [1.82, 2.24) is 20.2 Å². The van der Waals surface area contributed by atoms with Crippen molar-refractivity contribution < 1.29 is 4.92 Å². The second-order valence-corrected chi connectivity index (χ2v) is 6.12. The lowest BCUT2D eigenvalue weighted by Gasteiger charge is -2.10. The highest BCUT2D eigenvalue weighted by Gasteiger charge is 2.16. The molecule has 0 saturated carbocycles. The van der Waals surface area contributed by atoms with Crippen LogP contribution in [-0.4, -0.2) is 31.6 Å². The minimum atomic E-state index is -0.455. The maximum atomic E-state index is 11.4. The fourth-order valence-electron chi connectivity index (χ4n) is 2.81. The summed E-state index contributed by atoms with van der Waals surface area (Å²) in [4.78, 5) is 19.6. The molecule has 0 aliphatic carbocycles. The first kappa shape index (κ1) is 17.4. The molecule has 4 aromatic rings. The van der Waals surface area contributed by atoms with E-state index < -0.39 is 4.92 Å². The van der Waals surface area contributed by atoms with Crippen LogP contribution >= 0.6 is 0 Å². The van der Waals surface area contributed by atoms with Crippen LogP contribution < -0.4 is 10.6 Å². The summed E-state index contributed by atoms with van der Waals surface area (Å²) in [6.07, 6.45) is 4.16. The molecule has 1 aromatic carbocycles. The number of nitrogens with zero attached hydrogens (tertiary/aromatic N) is 4. The number of pyridine rings is 2. The first-order valence-electron chi connectivity index (χ1n) is 8.68. The minimum absolute atomic E-state index is 0.0948. The molecule has 0 amide bonds. The second kappa shape index (κ2) is 7.70. The lowest BCUT2D eigenvalue weighted by Crippen LogP contribution is -2.09. The standard InChI is InChI=1S/C19H17N7O2/c27-26(28)17-6-7-18(21-10-8-14-3-1-2-9-20-14)24-19(17)23-15-4-5-16-13(11-15)12-22-25-16/h1-7,9,11-12H,8,10H2,(H,22,25)(H2,21,23,24). The average Bonchev–Trinajstić information content (AvgIpc) is 3.17. The molecule has 0 radical (unpaired) electrons. The molecule has 0 bridgehead atoms. The fourth-order valence-corrected chi connectivity index (χ4v) is 2.81.